The van der Waals surface area contributed by atoms with E-state index >= 15 is 0 Å². The first-order chi connectivity index (χ1) is 8.99. The van der Waals surface area contributed by atoms with Crippen molar-refractivity contribution in [2.75, 3.05) is 0 Å². The molecule has 0 aliphatic carbocycles. The maximum absolute atomic E-state index is 12.7. The smallest absolute Gasteiger partial charge is 0.207 e. The zero-order valence-corrected chi connectivity index (χ0v) is 11.2. The van der Waals surface area contributed by atoms with Crippen LogP contribution in [0.5, 0.6) is 0 Å². The monoisotopic (exact) mass is 297 g/mol. The summed E-state index contributed by atoms with van der Waals surface area (Å²) in [6.07, 6.45) is 1.15. The van der Waals surface area contributed by atoms with Gasteiger partial charge >= 0.3 is 0 Å². The molecule has 0 atom stereocenters. The molecule has 0 amide bonds. The van der Waals surface area contributed by atoms with Crippen molar-refractivity contribution in [1.82, 2.24) is 0 Å². The van der Waals surface area contributed by atoms with E-state index in [2.05, 4.69) is 4.40 Å². The van der Waals surface area contributed by atoms with Gasteiger partial charge in [0.1, 0.15) is 10.7 Å². The topological polar surface area (TPSA) is 46.5 Å². The molecule has 19 heavy (non-hydrogen) atoms. The number of benzene rings is 2. The maximum atomic E-state index is 12.7. The lowest BCUT2D eigenvalue weighted by molar-refractivity contribution is 0.598. The van der Waals surface area contributed by atoms with Crippen molar-refractivity contribution in [2.45, 2.75) is 4.90 Å². The van der Waals surface area contributed by atoms with E-state index in [1.165, 1.54) is 36.4 Å². The quantitative estimate of drug-likeness (QED) is 0.816. The highest BCUT2D eigenvalue weighted by atomic mass is 35.5. The second-order valence-electron chi connectivity index (χ2n) is 3.69. The third-order valence-electron chi connectivity index (χ3n) is 2.33. The van der Waals surface area contributed by atoms with Crippen molar-refractivity contribution >= 4 is 27.8 Å². The molecular formula is C13H9ClFNO2S. The lowest BCUT2D eigenvalue weighted by atomic mass is 10.2. The number of hydrogen-bond donors (Lipinski definition) is 0. The van der Waals surface area contributed by atoms with Gasteiger partial charge in [-0.05, 0) is 29.8 Å². The van der Waals surface area contributed by atoms with Gasteiger partial charge in [-0.15, -0.1) is 0 Å². The zero-order valence-electron chi connectivity index (χ0n) is 9.62. The van der Waals surface area contributed by atoms with Gasteiger partial charge in [-0.1, -0.05) is 35.9 Å². The van der Waals surface area contributed by atoms with E-state index in [0.29, 0.717) is 5.56 Å². The van der Waals surface area contributed by atoms with Gasteiger partial charge in [0.25, 0.3) is 10.0 Å². The maximum Gasteiger partial charge on any atom is 0.283 e. The molecule has 0 saturated carbocycles. The molecule has 2 rings (SSSR count). The van der Waals surface area contributed by atoms with Crippen LogP contribution in [0.1, 0.15) is 5.56 Å². The van der Waals surface area contributed by atoms with Crippen molar-refractivity contribution in [3.8, 4) is 0 Å². The Morgan fingerprint density at radius 2 is 1.68 bits per heavy atom. The lowest BCUT2D eigenvalue weighted by Gasteiger charge is -2.00. The molecule has 0 aliphatic heterocycles. The van der Waals surface area contributed by atoms with Crippen LogP contribution in [0.15, 0.2) is 57.8 Å². The Morgan fingerprint density at radius 1 is 1.05 bits per heavy atom. The molecule has 0 saturated heterocycles. The first-order valence-electron chi connectivity index (χ1n) is 5.29. The van der Waals surface area contributed by atoms with Crippen LogP contribution in [0.25, 0.3) is 0 Å². The largest absolute Gasteiger partial charge is 0.283 e. The summed E-state index contributed by atoms with van der Waals surface area (Å²) in [6, 6.07) is 11.4. The number of sulfonamides is 1. The van der Waals surface area contributed by atoms with Crippen LogP contribution in [0.3, 0.4) is 0 Å². The average molecular weight is 298 g/mol. The highest BCUT2D eigenvalue weighted by Crippen LogP contribution is 2.22. The van der Waals surface area contributed by atoms with E-state index < -0.39 is 15.8 Å². The highest BCUT2D eigenvalue weighted by Gasteiger charge is 2.15. The summed E-state index contributed by atoms with van der Waals surface area (Å²) in [5.41, 5.74) is 0.483. The lowest BCUT2D eigenvalue weighted by Crippen LogP contribution is -1.98. The molecule has 6 heteroatoms. The van der Waals surface area contributed by atoms with Gasteiger partial charge in [0, 0.05) is 6.21 Å². The number of halogens is 2. The van der Waals surface area contributed by atoms with E-state index in [1.54, 1.807) is 12.1 Å². The Balaban J connectivity index is 2.32. The summed E-state index contributed by atoms with van der Waals surface area (Å²) < 4.78 is 40.1. The Morgan fingerprint density at radius 3 is 2.32 bits per heavy atom. The molecule has 2 aromatic carbocycles. The van der Waals surface area contributed by atoms with Crippen LogP contribution in [0, 0.1) is 5.82 Å². The summed E-state index contributed by atoms with van der Waals surface area (Å²) in [7, 11) is -3.86. The van der Waals surface area contributed by atoms with Crippen LogP contribution in [0.2, 0.25) is 5.02 Å². The van der Waals surface area contributed by atoms with E-state index in [1.807, 2.05) is 0 Å². The molecule has 0 unspecified atom stereocenters. The molecule has 3 nitrogen and oxygen atoms in total. The number of nitrogens with zero attached hydrogens (tertiary/aromatic N) is 1. The fraction of sp³-hybridized carbons (Fsp3) is 0. The second kappa shape index (κ2) is 5.50. The van der Waals surface area contributed by atoms with E-state index in [9.17, 15) is 12.8 Å². The molecule has 98 valence electrons. The number of hydrogen-bond acceptors (Lipinski definition) is 2. The van der Waals surface area contributed by atoms with Gasteiger partial charge in [-0.3, -0.25) is 0 Å². The molecule has 0 aliphatic rings. The van der Waals surface area contributed by atoms with E-state index in [4.69, 9.17) is 11.6 Å². The first kappa shape index (κ1) is 13.7. The molecule has 0 heterocycles. The standard InChI is InChI=1S/C13H9ClFNO2S/c14-12-3-1-2-4-13(12)19(17,18)16-9-10-5-7-11(15)8-6-10/h1-9H/b16-9+. The molecule has 0 spiro atoms. The predicted molar refractivity (Wildman–Crippen MR) is 72.6 cm³/mol. The van der Waals surface area contributed by atoms with Crippen molar-refractivity contribution in [1.29, 1.82) is 0 Å². The summed E-state index contributed by atoms with van der Waals surface area (Å²) >= 11 is 5.81. The van der Waals surface area contributed by atoms with Crippen LogP contribution in [0.4, 0.5) is 4.39 Å². The van der Waals surface area contributed by atoms with Gasteiger partial charge in [-0.2, -0.15) is 12.8 Å². The van der Waals surface area contributed by atoms with Gasteiger partial charge < -0.3 is 0 Å². The van der Waals surface area contributed by atoms with Gasteiger partial charge in [0.05, 0.1) is 5.02 Å². The molecule has 0 fully saturated rings. The minimum absolute atomic E-state index is 0.0602. The summed E-state index contributed by atoms with van der Waals surface area (Å²) in [5.74, 6) is -0.397. The summed E-state index contributed by atoms with van der Waals surface area (Å²) in [6.45, 7) is 0. The first-order valence-corrected chi connectivity index (χ1v) is 7.11. The summed E-state index contributed by atoms with van der Waals surface area (Å²) in [4.78, 5) is -0.0602. The Kier molecular flexibility index (Phi) is 3.97. The Labute approximate surface area is 115 Å². The van der Waals surface area contributed by atoms with Crippen LogP contribution in [-0.4, -0.2) is 14.6 Å². The third kappa shape index (κ3) is 3.39. The zero-order chi connectivity index (χ0) is 13.9. The fourth-order valence-corrected chi connectivity index (χ4v) is 2.76. The second-order valence-corrected chi connectivity index (χ2v) is 5.70. The van der Waals surface area contributed by atoms with E-state index in [0.717, 1.165) is 6.21 Å². The van der Waals surface area contributed by atoms with Crippen LogP contribution < -0.4 is 0 Å². The minimum atomic E-state index is -3.86. The van der Waals surface area contributed by atoms with Gasteiger partial charge in [0.15, 0.2) is 0 Å². The fourth-order valence-electron chi connectivity index (χ4n) is 1.39. The Hall–Kier alpha value is -1.72. The SMILES string of the molecule is O=S(=O)(/N=C/c1ccc(F)cc1)c1ccccc1Cl. The van der Waals surface area contributed by atoms with E-state index in [-0.39, 0.29) is 9.92 Å². The Bertz CT molecular complexity index is 712. The molecular weight excluding hydrogens is 289 g/mol. The van der Waals surface area contributed by atoms with Gasteiger partial charge in [-0.25, -0.2) is 4.39 Å². The molecule has 0 bridgehead atoms. The van der Waals surface area contributed by atoms with Crippen molar-refractivity contribution in [2.24, 2.45) is 4.40 Å². The van der Waals surface area contributed by atoms with Gasteiger partial charge in [0.2, 0.25) is 0 Å². The highest BCUT2D eigenvalue weighted by molar-refractivity contribution is 7.90. The molecule has 0 radical (unpaired) electrons. The van der Waals surface area contributed by atoms with Crippen molar-refractivity contribution in [3.05, 3.63) is 64.9 Å². The molecule has 0 N–H and O–H groups in total. The van der Waals surface area contributed by atoms with Crippen molar-refractivity contribution < 1.29 is 12.8 Å². The predicted octanol–water partition coefficient (Wildman–Crippen LogP) is 3.29. The third-order valence-corrected chi connectivity index (χ3v) is 4.06. The normalized spacial score (nSPS) is 11.9. The molecule has 2 aromatic rings. The molecule has 0 aromatic heterocycles. The summed E-state index contributed by atoms with van der Waals surface area (Å²) in [5, 5.41) is 0.110. The van der Waals surface area contributed by atoms with Crippen molar-refractivity contribution in [3.63, 3.8) is 0 Å². The average Bonchev–Trinajstić information content (AvgIpc) is 2.38. The van der Waals surface area contributed by atoms with Crippen LogP contribution in [-0.2, 0) is 10.0 Å². The minimum Gasteiger partial charge on any atom is -0.207 e. The number of rotatable bonds is 3. The van der Waals surface area contributed by atoms with Crippen LogP contribution >= 0.6 is 11.6 Å².